The van der Waals surface area contributed by atoms with Gasteiger partial charge in [0.25, 0.3) is 0 Å². The second kappa shape index (κ2) is 14.3. The van der Waals surface area contributed by atoms with Gasteiger partial charge >= 0.3 is 17.9 Å². The lowest BCUT2D eigenvalue weighted by Gasteiger charge is -2.38. The predicted octanol–water partition coefficient (Wildman–Crippen LogP) is 2.45. The Bertz CT molecular complexity index is 1140. The molecule has 0 aromatic heterocycles. The summed E-state index contributed by atoms with van der Waals surface area (Å²) < 4.78 is 10.8. The first-order chi connectivity index (χ1) is 18.4. The Kier molecular flexibility index (Phi) is 11.5. The number of rotatable bonds is 11. The molecule has 1 fully saturated rings. The summed E-state index contributed by atoms with van der Waals surface area (Å²) in [5, 5.41) is 44.9. The van der Waals surface area contributed by atoms with Gasteiger partial charge in [0, 0.05) is 30.8 Å². The van der Waals surface area contributed by atoms with Gasteiger partial charge in [-0.15, -0.1) is 0 Å². The van der Waals surface area contributed by atoms with Gasteiger partial charge in [0.2, 0.25) is 0 Å². The Morgan fingerprint density at radius 2 is 1.41 bits per heavy atom. The van der Waals surface area contributed by atoms with Gasteiger partial charge in [0.05, 0.1) is 32.7 Å². The van der Waals surface area contributed by atoms with E-state index < -0.39 is 42.0 Å². The molecule has 11 heteroatoms. The standard InChI is InChI=1S/C22H27NO3.C6H8O7/c1-25-20-11-5-3-8-18(20)9-7-15-23-16-13-22(24,14-17-23)19-10-4-6-12-21(19)26-2;7-3(8)1-6(13,5(11)12)2-4(9)10/h3-12,24H,13-17H2,1-2H3;13H,1-2H2,(H,7,8)(H,9,10)(H,11,12)/b9-7+;. The summed E-state index contributed by atoms with van der Waals surface area (Å²) in [6, 6.07) is 15.8. The fourth-order valence-corrected chi connectivity index (χ4v) is 4.25. The number of piperidine rings is 1. The highest BCUT2D eigenvalue weighted by molar-refractivity contribution is 5.88. The number of methoxy groups -OCH3 is 2. The van der Waals surface area contributed by atoms with Crippen LogP contribution in [0.15, 0.2) is 54.6 Å². The molecule has 0 spiro atoms. The van der Waals surface area contributed by atoms with Crippen molar-refractivity contribution < 1.29 is 49.4 Å². The van der Waals surface area contributed by atoms with Crippen molar-refractivity contribution in [1.82, 2.24) is 4.90 Å². The van der Waals surface area contributed by atoms with Crippen molar-refractivity contribution in [2.45, 2.75) is 36.9 Å². The molecule has 1 aliphatic heterocycles. The lowest BCUT2D eigenvalue weighted by Crippen LogP contribution is -2.42. The minimum atomic E-state index is -2.74. The first-order valence-corrected chi connectivity index (χ1v) is 12.2. The number of carboxylic acid groups (broad SMARTS) is 3. The van der Waals surface area contributed by atoms with Gasteiger partial charge in [-0.25, -0.2) is 4.79 Å². The SMILES string of the molecule is COc1ccccc1/C=C/CN1CCC(O)(c2ccccc2OC)CC1.O=C(O)CC(O)(CC(=O)O)C(=O)O. The minimum absolute atomic E-state index is 0.704. The molecule has 2 aromatic rings. The number of hydrogen-bond acceptors (Lipinski definition) is 8. The van der Waals surface area contributed by atoms with Crippen molar-refractivity contribution in [2.24, 2.45) is 0 Å². The first-order valence-electron chi connectivity index (χ1n) is 12.2. The molecule has 3 rings (SSSR count). The number of aliphatic carboxylic acids is 3. The number of carboxylic acids is 3. The van der Waals surface area contributed by atoms with Crippen LogP contribution in [0, 0.1) is 0 Å². The molecule has 0 bridgehead atoms. The maximum absolute atomic E-state index is 11.1. The monoisotopic (exact) mass is 545 g/mol. The molecule has 0 aliphatic carbocycles. The molecule has 0 unspecified atom stereocenters. The average molecular weight is 546 g/mol. The Morgan fingerprint density at radius 1 is 0.897 bits per heavy atom. The van der Waals surface area contributed by atoms with E-state index in [0.29, 0.717) is 12.8 Å². The highest BCUT2D eigenvalue weighted by atomic mass is 16.5. The fourth-order valence-electron chi connectivity index (χ4n) is 4.25. The van der Waals surface area contributed by atoms with Crippen molar-refractivity contribution in [3.63, 3.8) is 0 Å². The zero-order valence-corrected chi connectivity index (χ0v) is 21.9. The molecule has 2 aromatic carbocycles. The highest BCUT2D eigenvalue weighted by Crippen LogP contribution is 2.37. The summed E-state index contributed by atoms with van der Waals surface area (Å²) in [5.41, 5.74) is -1.57. The normalized spacial score (nSPS) is 15.2. The Labute approximate surface area is 226 Å². The van der Waals surface area contributed by atoms with E-state index in [1.807, 2.05) is 48.5 Å². The number of para-hydroxylation sites is 2. The van der Waals surface area contributed by atoms with E-state index in [0.717, 1.165) is 42.3 Å². The minimum Gasteiger partial charge on any atom is -0.496 e. The Hall–Kier alpha value is -3.93. The molecule has 212 valence electrons. The molecule has 0 saturated carbocycles. The molecule has 39 heavy (non-hydrogen) atoms. The lowest BCUT2D eigenvalue weighted by molar-refractivity contribution is -0.170. The van der Waals surface area contributed by atoms with Crippen molar-refractivity contribution in [3.05, 3.63) is 65.7 Å². The van der Waals surface area contributed by atoms with Crippen LogP contribution in [0.4, 0.5) is 0 Å². The van der Waals surface area contributed by atoms with Gasteiger partial charge in [0.15, 0.2) is 5.60 Å². The van der Waals surface area contributed by atoms with Crippen molar-refractivity contribution in [3.8, 4) is 11.5 Å². The van der Waals surface area contributed by atoms with Gasteiger partial charge in [-0.2, -0.15) is 0 Å². The molecule has 0 radical (unpaired) electrons. The topological polar surface area (TPSA) is 174 Å². The second-order valence-electron chi connectivity index (χ2n) is 9.15. The number of carbonyl (C=O) groups is 3. The Balaban J connectivity index is 0.000000349. The Morgan fingerprint density at radius 3 is 1.92 bits per heavy atom. The molecule has 1 saturated heterocycles. The van der Waals surface area contributed by atoms with Crippen molar-refractivity contribution >= 4 is 24.0 Å². The first kappa shape index (κ1) is 31.3. The average Bonchev–Trinajstić information content (AvgIpc) is 2.89. The van der Waals surface area contributed by atoms with Crippen LogP contribution in [-0.4, -0.2) is 87.8 Å². The molecule has 1 heterocycles. The van der Waals surface area contributed by atoms with Gasteiger partial charge < -0.3 is 35.0 Å². The molecule has 0 atom stereocenters. The number of aliphatic hydroxyl groups is 2. The summed E-state index contributed by atoms with van der Waals surface area (Å²) in [5.74, 6) is -3.37. The van der Waals surface area contributed by atoms with E-state index in [1.54, 1.807) is 14.2 Å². The van der Waals surface area contributed by atoms with Crippen LogP contribution < -0.4 is 9.47 Å². The van der Waals surface area contributed by atoms with Crippen LogP contribution in [0.1, 0.15) is 36.8 Å². The van der Waals surface area contributed by atoms with Crippen LogP contribution in [0.25, 0.3) is 6.08 Å². The summed E-state index contributed by atoms with van der Waals surface area (Å²) in [6.07, 6.45) is 3.38. The quantitative estimate of drug-likeness (QED) is 0.281. The van der Waals surface area contributed by atoms with E-state index in [1.165, 1.54) is 0 Å². The van der Waals surface area contributed by atoms with E-state index in [4.69, 9.17) is 29.9 Å². The predicted molar refractivity (Wildman–Crippen MR) is 142 cm³/mol. The number of nitrogens with zero attached hydrogens (tertiary/aromatic N) is 1. The molecule has 5 N–H and O–H groups in total. The smallest absolute Gasteiger partial charge is 0.336 e. The molecular formula is C28H35NO10. The van der Waals surface area contributed by atoms with E-state index in [9.17, 15) is 19.5 Å². The number of likely N-dealkylation sites (tertiary alicyclic amines) is 1. The molecular weight excluding hydrogens is 510 g/mol. The zero-order valence-electron chi connectivity index (χ0n) is 21.9. The lowest BCUT2D eigenvalue weighted by atomic mass is 9.84. The largest absolute Gasteiger partial charge is 0.496 e. The van der Waals surface area contributed by atoms with Gasteiger partial charge in [0.1, 0.15) is 11.5 Å². The van der Waals surface area contributed by atoms with Crippen molar-refractivity contribution in [1.29, 1.82) is 0 Å². The van der Waals surface area contributed by atoms with Crippen LogP contribution >= 0.6 is 0 Å². The van der Waals surface area contributed by atoms with Crippen molar-refractivity contribution in [2.75, 3.05) is 33.9 Å². The summed E-state index contributed by atoms with van der Waals surface area (Å²) in [6.45, 7) is 2.57. The number of ether oxygens (including phenoxy) is 2. The summed E-state index contributed by atoms with van der Waals surface area (Å²) in [7, 11) is 3.34. The van der Waals surface area contributed by atoms with Gasteiger partial charge in [-0.05, 0) is 25.0 Å². The zero-order chi connectivity index (χ0) is 29.1. The van der Waals surface area contributed by atoms with E-state index in [-0.39, 0.29) is 0 Å². The van der Waals surface area contributed by atoms with E-state index >= 15 is 0 Å². The fraction of sp³-hybridized carbons (Fsp3) is 0.393. The summed E-state index contributed by atoms with van der Waals surface area (Å²) in [4.78, 5) is 32.8. The van der Waals surface area contributed by atoms with Gasteiger partial charge in [-0.1, -0.05) is 48.6 Å². The van der Waals surface area contributed by atoms with Crippen LogP contribution in [0.5, 0.6) is 11.5 Å². The summed E-state index contributed by atoms with van der Waals surface area (Å²) >= 11 is 0. The number of hydrogen-bond donors (Lipinski definition) is 5. The molecule has 11 nitrogen and oxygen atoms in total. The molecule has 0 amide bonds. The van der Waals surface area contributed by atoms with Crippen LogP contribution in [0.3, 0.4) is 0 Å². The van der Waals surface area contributed by atoms with Crippen LogP contribution in [0.2, 0.25) is 0 Å². The number of benzene rings is 2. The third-order valence-corrected chi connectivity index (χ3v) is 6.38. The second-order valence-corrected chi connectivity index (χ2v) is 9.15. The maximum atomic E-state index is 11.1. The maximum Gasteiger partial charge on any atom is 0.336 e. The van der Waals surface area contributed by atoms with E-state index in [2.05, 4.69) is 17.1 Å². The molecule has 1 aliphatic rings. The third-order valence-electron chi connectivity index (χ3n) is 6.38. The highest BCUT2D eigenvalue weighted by Gasteiger charge is 2.41. The van der Waals surface area contributed by atoms with Crippen LogP contribution in [-0.2, 0) is 20.0 Å². The third kappa shape index (κ3) is 9.10. The van der Waals surface area contributed by atoms with Gasteiger partial charge in [-0.3, -0.25) is 14.5 Å².